The van der Waals surface area contributed by atoms with Crippen molar-refractivity contribution in [2.45, 2.75) is 0 Å². The third-order valence-electron chi connectivity index (χ3n) is 2.03. The van der Waals surface area contributed by atoms with E-state index in [-0.39, 0.29) is 23.7 Å². The molecule has 15 heavy (non-hydrogen) atoms. The fraction of sp³-hybridized carbons (Fsp3) is 0.125. The second-order valence-corrected chi connectivity index (χ2v) is 2.89. The van der Waals surface area contributed by atoms with Crippen LogP contribution in [-0.2, 0) is 7.05 Å². The summed E-state index contributed by atoms with van der Waals surface area (Å²) in [5, 5.41) is 12.7. The van der Waals surface area contributed by atoms with Crippen LogP contribution < -0.4 is 5.73 Å². The van der Waals surface area contributed by atoms with Gasteiger partial charge in [0.2, 0.25) is 0 Å². The van der Waals surface area contributed by atoms with Crippen LogP contribution in [0.1, 0.15) is 10.4 Å². The summed E-state index contributed by atoms with van der Waals surface area (Å²) in [6.45, 7) is 0. The number of aryl methyl sites for hydroxylation is 1. The van der Waals surface area contributed by atoms with E-state index in [1.807, 2.05) is 0 Å². The van der Waals surface area contributed by atoms with Crippen LogP contribution in [0.4, 0.5) is 5.69 Å². The summed E-state index contributed by atoms with van der Waals surface area (Å²) in [5.41, 5.74) is 7.02. The molecule has 0 aliphatic rings. The van der Waals surface area contributed by atoms with Crippen LogP contribution in [0, 0.1) is 0 Å². The number of anilines is 1. The molecule has 0 atom stereocenters. The van der Waals surface area contributed by atoms with Gasteiger partial charge in [-0.2, -0.15) is 5.10 Å². The molecule has 0 saturated heterocycles. The summed E-state index contributed by atoms with van der Waals surface area (Å²) in [7, 11) is 1.69. The van der Waals surface area contributed by atoms with Gasteiger partial charge in [-0.3, -0.25) is 9.67 Å². The molecule has 6 nitrogen and oxygen atoms in total. The number of carboxylic acid groups (broad SMARTS) is 1. The number of rotatable bonds is 1. The van der Waals surface area contributed by atoms with Crippen molar-refractivity contribution in [3.05, 3.63) is 18.0 Å². The Labute approximate surface area is 91.1 Å². The Bertz CT molecular complexity index is 523. The summed E-state index contributed by atoms with van der Waals surface area (Å²) in [6.07, 6.45) is 2.78. The molecule has 2 aromatic rings. The number of halogens is 1. The van der Waals surface area contributed by atoms with Gasteiger partial charge < -0.3 is 10.8 Å². The lowest BCUT2D eigenvalue weighted by atomic mass is 10.2. The molecule has 7 heteroatoms. The van der Waals surface area contributed by atoms with E-state index in [1.165, 1.54) is 17.1 Å². The molecule has 0 aromatic carbocycles. The van der Waals surface area contributed by atoms with Crippen LogP contribution in [-0.4, -0.2) is 25.8 Å². The Morgan fingerprint density at radius 2 is 2.20 bits per heavy atom. The minimum absolute atomic E-state index is 0. The van der Waals surface area contributed by atoms with Crippen LogP contribution in [0.2, 0.25) is 0 Å². The van der Waals surface area contributed by atoms with E-state index >= 15 is 0 Å². The number of nitrogens with zero attached hydrogens (tertiary/aromatic N) is 3. The molecule has 80 valence electrons. The Morgan fingerprint density at radius 3 is 2.80 bits per heavy atom. The van der Waals surface area contributed by atoms with Crippen molar-refractivity contribution < 1.29 is 9.90 Å². The first-order valence-corrected chi connectivity index (χ1v) is 3.90. The number of nitrogen functional groups attached to an aromatic ring is 1. The van der Waals surface area contributed by atoms with E-state index in [4.69, 9.17) is 10.8 Å². The van der Waals surface area contributed by atoms with Gasteiger partial charge in [0.1, 0.15) is 16.6 Å². The smallest absolute Gasteiger partial charge is 0.339 e. The Balaban J connectivity index is 0.00000112. The maximum Gasteiger partial charge on any atom is 0.339 e. The zero-order valence-electron chi connectivity index (χ0n) is 7.84. The highest BCUT2D eigenvalue weighted by Gasteiger charge is 2.14. The van der Waals surface area contributed by atoms with Gasteiger partial charge in [-0.1, -0.05) is 0 Å². The molecule has 0 amide bonds. The second-order valence-electron chi connectivity index (χ2n) is 2.89. The van der Waals surface area contributed by atoms with Crippen molar-refractivity contribution in [1.82, 2.24) is 14.8 Å². The topological polar surface area (TPSA) is 94.0 Å². The molecular weight excluding hydrogens is 220 g/mol. The van der Waals surface area contributed by atoms with Gasteiger partial charge in [0.15, 0.2) is 0 Å². The number of aromatic nitrogens is 3. The van der Waals surface area contributed by atoms with Crippen LogP contribution in [0.25, 0.3) is 11.0 Å². The monoisotopic (exact) mass is 228 g/mol. The lowest BCUT2D eigenvalue weighted by Gasteiger charge is -2.02. The Morgan fingerprint density at radius 1 is 1.53 bits per heavy atom. The Hall–Kier alpha value is -1.82. The lowest BCUT2D eigenvalue weighted by Crippen LogP contribution is -2.05. The van der Waals surface area contributed by atoms with Gasteiger partial charge in [0.05, 0.1) is 11.9 Å². The summed E-state index contributed by atoms with van der Waals surface area (Å²) in [5.74, 6) is -1.09. The van der Waals surface area contributed by atoms with Gasteiger partial charge in [-0.25, -0.2) is 4.79 Å². The average molecular weight is 229 g/mol. The first-order chi connectivity index (χ1) is 6.61. The van der Waals surface area contributed by atoms with E-state index in [0.29, 0.717) is 11.0 Å². The fourth-order valence-electron chi connectivity index (χ4n) is 1.33. The van der Waals surface area contributed by atoms with Gasteiger partial charge in [-0.05, 0) is 0 Å². The van der Waals surface area contributed by atoms with Crippen LogP contribution in [0.3, 0.4) is 0 Å². The number of carboxylic acids is 1. The minimum Gasteiger partial charge on any atom is -0.478 e. The quantitative estimate of drug-likeness (QED) is 0.748. The molecule has 0 bridgehead atoms. The molecule has 0 saturated carbocycles. The van der Waals surface area contributed by atoms with Gasteiger partial charge in [0.25, 0.3) is 0 Å². The molecule has 0 aliphatic carbocycles. The number of hydrogen-bond acceptors (Lipinski definition) is 4. The SMILES string of the molecule is Cl.Cn1ncc2ncc(C(=O)O)c(N)c21. The molecule has 0 spiro atoms. The van der Waals surface area contributed by atoms with Crippen molar-refractivity contribution >= 4 is 35.1 Å². The second kappa shape index (κ2) is 3.74. The highest BCUT2D eigenvalue weighted by Crippen LogP contribution is 2.21. The number of nitrogens with two attached hydrogens (primary N) is 1. The van der Waals surface area contributed by atoms with Gasteiger partial charge >= 0.3 is 5.97 Å². The van der Waals surface area contributed by atoms with E-state index in [9.17, 15) is 4.79 Å². The highest BCUT2D eigenvalue weighted by molar-refractivity contribution is 6.01. The summed E-state index contributed by atoms with van der Waals surface area (Å²) in [6, 6.07) is 0. The van der Waals surface area contributed by atoms with Gasteiger partial charge in [-0.15, -0.1) is 12.4 Å². The van der Waals surface area contributed by atoms with E-state index < -0.39 is 5.97 Å². The Kier molecular flexibility index (Phi) is 2.81. The zero-order valence-corrected chi connectivity index (χ0v) is 8.65. The maximum absolute atomic E-state index is 10.7. The minimum atomic E-state index is -1.09. The molecule has 0 unspecified atom stereocenters. The first-order valence-electron chi connectivity index (χ1n) is 3.90. The predicted octanol–water partition coefficient (Wildman–Crippen LogP) is 0.670. The number of aromatic carboxylic acids is 1. The lowest BCUT2D eigenvalue weighted by molar-refractivity contribution is 0.0698. The molecule has 2 rings (SSSR count). The van der Waals surface area contributed by atoms with Crippen molar-refractivity contribution in [1.29, 1.82) is 0 Å². The number of pyridine rings is 1. The van der Waals surface area contributed by atoms with Crippen molar-refractivity contribution in [3.63, 3.8) is 0 Å². The molecular formula is C8H9ClN4O2. The van der Waals surface area contributed by atoms with Crippen molar-refractivity contribution in [3.8, 4) is 0 Å². The number of fused-ring (bicyclic) bond motifs is 1. The fourth-order valence-corrected chi connectivity index (χ4v) is 1.33. The molecule has 2 heterocycles. The van der Waals surface area contributed by atoms with Crippen molar-refractivity contribution in [2.24, 2.45) is 7.05 Å². The molecule has 0 aliphatic heterocycles. The average Bonchev–Trinajstić information content (AvgIpc) is 2.48. The third-order valence-corrected chi connectivity index (χ3v) is 2.03. The van der Waals surface area contributed by atoms with Crippen LogP contribution in [0.15, 0.2) is 12.4 Å². The zero-order chi connectivity index (χ0) is 10.3. The highest BCUT2D eigenvalue weighted by atomic mass is 35.5. The maximum atomic E-state index is 10.7. The summed E-state index contributed by atoms with van der Waals surface area (Å²) < 4.78 is 1.50. The van der Waals surface area contributed by atoms with E-state index in [0.717, 1.165) is 0 Å². The summed E-state index contributed by atoms with van der Waals surface area (Å²) in [4.78, 5) is 14.7. The normalized spacial score (nSPS) is 9.93. The number of hydrogen-bond donors (Lipinski definition) is 2. The van der Waals surface area contributed by atoms with Gasteiger partial charge in [0, 0.05) is 13.2 Å². The van der Waals surface area contributed by atoms with E-state index in [2.05, 4.69) is 10.1 Å². The van der Waals surface area contributed by atoms with Crippen LogP contribution in [0.5, 0.6) is 0 Å². The van der Waals surface area contributed by atoms with E-state index in [1.54, 1.807) is 7.05 Å². The molecule has 0 fully saturated rings. The first kappa shape index (κ1) is 11.3. The molecule has 0 radical (unpaired) electrons. The van der Waals surface area contributed by atoms with Crippen molar-refractivity contribution in [2.75, 3.05) is 5.73 Å². The predicted molar refractivity (Wildman–Crippen MR) is 57.1 cm³/mol. The standard InChI is InChI=1S/C8H8N4O2.ClH/c1-12-7-5(3-11-12)10-2-4(6(7)9)8(13)14;/h2-3H,1H3,(H2,9,10)(H,13,14);1H. The summed E-state index contributed by atoms with van der Waals surface area (Å²) >= 11 is 0. The largest absolute Gasteiger partial charge is 0.478 e. The molecule has 3 N–H and O–H groups in total. The van der Waals surface area contributed by atoms with Crippen LogP contribution >= 0.6 is 12.4 Å². The molecule has 2 aromatic heterocycles. The third kappa shape index (κ3) is 1.59. The number of carbonyl (C=O) groups is 1.